The maximum atomic E-state index is 12.5. The number of hydrogen-bond donors (Lipinski definition) is 3. The number of para-hydroxylation sites is 1. The third-order valence-corrected chi connectivity index (χ3v) is 6.24. The maximum absolute atomic E-state index is 12.5. The summed E-state index contributed by atoms with van der Waals surface area (Å²) >= 11 is 0. The summed E-state index contributed by atoms with van der Waals surface area (Å²) in [5, 5.41) is 16.9. The molecule has 5 rings (SSSR count). The molecule has 3 N–H and O–H groups in total. The highest BCUT2D eigenvalue weighted by Crippen LogP contribution is 2.24. The lowest BCUT2D eigenvalue weighted by atomic mass is 9.98. The number of fused-ring (bicyclic) bond motifs is 1. The molecule has 38 heavy (non-hydrogen) atoms. The highest BCUT2D eigenvalue weighted by Gasteiger charge is 2.33. The van der Waals surface area contributed by atoms with E-state index in [-0.39, 0.29) is 12.2 Å². The van der Waals surface area contributed by atoms with E-state index < -0.39 is 24.0 Å². The summed E-state index contributed by atoms with van der Waals surface area (Å²) in [6.07, 6.45) is 0.919. The van der Waals surface area contributed by atoms with Gasteiger partial charge in [0.15, 0.2) is 11.9 Å². The van der Waals surface area contributed by atoms with Crippen molar-refractivity contribution in [1.29, 1.82) is 0 Å². The zero-order chi connectivity index (χ0) is 26.5. The van der Waals surface area contributed by atoms with E-state index in [1.807, 2.05) is 61.5 Å². The number of pyridine rings is 1. The Morgan fingerprint density at radius 1 is 1.13 bits per heavy atom. The van der Waals surface area contributed by atoms with Crippen LogP contribution in [0.1, 0.15) is 40.2 Å². The number of aromatic nitrogens is 1. The molecular formula is C28H26N4O6. The smallest absolute Gasteiger partial charge is 0.287 e. The Bertz CT molecular complexity index is 1470. The van der Waals surface area contributed by atoms with Crippen molar-refractivity contribution in [2.45, 2.75) is 38.5 Å². The minimum absolute atomic E-state index is 0.101. The van der Waals surface area contributed by atoms with Gasteiger partial charge in [-0.25, -0.2) is 5.48 Å². The van der Waals surface area contributed by atoms with Crippen LogP contribution in [0.4, 0.5) is 0 Å². The Morgan fingerprint density at radius 3 is 2.71 bits per heavy atom. The molecule has 1 aliphatic rings. The average Bonchev–Trinajstić information content (AvgIpc) is 3.65. The van der Waals surface area contributed by atoms with Crippen molar-refractivity contribution < 1.29 is 28.8 Å². The summed E-state index contributed by atoms with van der Waals surface area (Å²) in [6, 6.07) is 19.8. The van der Waals surface area contributed by atoms with Crippen LogP contribution in [0, 0.1) is 6.92 Å². The van der Waals surface area contributed by atoms with Gasteiger partial charge in [0, 0.05) is 23.1 Å². The van der Waals surface area contributed by atoms with Gasteiger partial charge in [0.05, 0.1) is 30.0 Å². The highest BCUT2D eigenvalue weighted by molar-refractivity contribution is 6.01. The van der Waals surface area contributed by atoms with Crippen molar-refractivity contribution in [3.05, 3.63) is 95.6 Å². The van der Waals surface area contributed by atoms with Crippen LogP contribution in [0.15, 0.2) is 82.6 Å². The third-order valence-electron chi connectivity index (χ3n) is 6.24. The minimum atomic E-state index is -0.748. The lowest BCUT2D eigenvalue weighted by molar-refractivity contribution is -0.130. The van der Waals surface area contributed by atoms with Crippen molar-refractivity contribution >= 4 is 28.4 Å². The van der Waals surface area contributed by atoms with Gasteiger partial charge < -0.3 is 19.3 Å². The van der Waals surface area contributed by atoms with Crippen LogP contribution in [0.5, 0.6) is 5.75 Å². The lowest BCUT2D eigenvalue weighted by Crippen LogP contribution is -2.46. The first kappa shape index (κ1) is 25.0. The summed E-state index contributed by atoms with van der Waals surface area (Å²) in [6.45, 7) is 2.37. The van der Waals surface area contributed by atoms with Gasteiger partial charge in [0.2, 0.25) is 5.91 Å². The molecule has 0 saturated heterocycles. The molecule has 0 radical (unpaired) electrons. The number of furan rings is 1. The largest absolute Gasteiger partial charge is 0.489 e. The fourth-order valence-corrected chi connectivity index (χ4v) is 4.37. The van der Waals surface area contributed by atoms with Crippen LogP contribution in [0.3, 0.4) is 0 Å². The van der Waals surface area contributed by atoms with Gasteiger partial charge in [-0.2, -0.15) is 0 Å². The first-order chi connectivity index (χ1) is 18.5. The number of hydroxylamine groups is 1. The molecule has 2 atom stereocenters. The number of amides is 2. The number of nitrogens with zero attached hydrogens (tertiary/aromatic N) is 2. The lowest BCUT2D eigenvalue weighted by Gasteiger charge is -2.21. The summed E-state index contributed by atoms with van der Waals surface area (Å²) in [7, 11) is 0. The molecule has 0 saturated carbocycles. The van der Waals surface area contributed by atoms with Gasteiger partial charge in [-0.15, -0.1) is 0 Å². The van der Waals surface area contributed by atoms with E-state index in [1.54, 1.807) is 11.5 Å². The molecule has 10 heteroatoms. The number of nitrogens with one attached hydrogen (secondary N) is 2. The van der Waals surface area contributed by atoms with Gasteiger partial charge >= 0.3 is 0 Å². The second kappa shape index (κ2) is 11.1. The topological polar surface area (TPSA) is 135 Å². The molecule has 2 aromatic heterocycles. The van der Waals surface area contributed by atoms with Crippen LogP contribution < -0.4 is 15.5 Å². The predicted octanol–water partition coefficient (Wildman–Crippen LogP) is 3.90. The van der Waals surface area contributed by atoms with E-state index in [0.717, 1.165) is 27.7 Å². The number of carbonyl (C=O) groups excluding carboxylic acids is 2. The molecule has 0 bridgehead atoms. The minimum Gasteiger partial charge on any atom is -0.489 e. The van der Waals surface area contributed by atoms with E-state index in [4.69, 9.17) is 19.2 Å². The van der Waals surface area contributed by atoms with Crippen molar-refractivity contribution in [2.24, 2.45) is 5.16 Å². The van der Waals surface area contributed by atoms with E-state index in [9.17, 15) is 9.59 Å². The number of ether oxygens (including phenoxy) is 1. The zero-order valence-corrected chi connectivity index (χ0v) is 20.6. The number of benzene rings is 2. The van der Waals surface area contributed by atoms with Gasteiger partial charge in [-0.3, -0.25) is 19.8 Å². The second-order valence-corrected chi connectivity index (χ2v) is 8.94. The highest BCUT2D eigenvalue weighted by atomic mass is 16.6. The summed E-state index contributed by atoms with van der Waals surface area (Å²) in [4.78, 5) is 34.5. The number of aryl methyl sites for hydroxylation is 1. The Kier molecular flexibility index (Phi) is 7.32. The zero-order valence-electron chi connectivity index (χ0n) is 20.6. The standard InChI is InChI=1S/C28H26N4O6/c1-17-13-19(21-5-2-3-6-22(21)29-17)16-37-20-10-8-18(9-11-20)23-14-26(38-32-23)24(15-27(33)31-35)30-28(34)25-7-4-12-36-25/h2-13,24,26,35H,14-16H2,1H3,(H,30,34)(H,31,33). The quantitative estimate of drug-likeness (QED) is 0.228. The number of carbonyl (C=O) groups is 2. The molecule has 0 fully saturated rings. The molecule has 2 unspecified atom stereocenters. The fraction of sp³-hybridized carbons (Fsp3) is 0.214. The number of rotatable bonds is 9. The summed E-state index contributed by atoms with van der Waals surface area (Å²) in [5.74, 6) is -0.359. The summed E-state index contributed by atoms with van der Waals surface area (Å²) in [5.41, 5.74) is 6.01. The molecule has 194 valence electrons. The molecule has 3 heterocycles. The molecule has 0 aliphatic carbocycles. The summed E-state index contributed by atoms with van der Waals surface area (Å²) < 4.78 is 11.2. The van der Waals surface area contributed by atoms with E-state index in [1.165, 1.54) is 12.3 Å². The van der Waals surface area contributed by atoms with Crippen molar-refractivity contribution in [1.82, 2.24) is 15.8 Å². The van der Waals surface area contributed by atoms with Gasteiger partial charge in [-0.1, -0.05) is 23.4 Å². The van der Waals surface area contributed by atoms with Crippen molar-refractivity contribution in [3.63, 3.8) is 0 Å². The molecular weight excluding hydrogens is 488 g/mol. The van der Waals surface area contributed by atoms with Gasteiger partial charge in [-0.05, 0) is 61.0 Å². The van der Waals surface area contributed by atoms with Crippen LogP contribution >= 0.6 is 0 Å². The predicted molar refractivity (Wildman–Crippen MR) is 138 cm³/mol. The first-order valence-corrected chi connectivity index (χ1v) is 12.1. The molecule has 10 nitrogen and oxygen atoms in total. The first-order valence-electron chi connectivity index (χ1n) is 12.1. The number of hydrogen-bond acceptors (Lipinski definition) is 8. The third kappa shape index (κ3) is 5.65. The Morgan fingerprint density at radius 2 is 1.95 bits per heavy atom. The molecule has 2 aromatic carbocycles. The van der Waals surface area contributed by atoms with Gasteiger partial charge in [0.25, 0.3) is 5.91 Å². The Balaban J connectivity index is 1.22. The Labute approximate surface area is 218 Å². The second-order valence-electron chi connectivity index (χ2n) is 8.94. The van der Waals surface area contributed by atoms with E-state index in [0.29, 0.717) is 24.5 Å². The number of oxime groups is 1. The molecule has 2 amide bonds. The van der Waals surface area contributed by atoms with Crippen molar-refractivity contribution in [3.8, 4) is 5.75 Å². The average molecular weight is 515 g/mol. The molecule has 0 spiro atoms. The van der Waals surface area contributed by atoms with Gasteiger partial charge in [0.1, 0.15) is 12.4 Å². The van der Waals surface area contributed by atoms with Crippen LogP contribution in [-0.4, -0.2) is 39.9 Å². The van der Waals surface area contributed by atoms with E-state index >= 15 is 0 Å². The normalized spacial score (nSPS) is 15.4. The van der Waals surface area contributed by atoms with Crippen LogP contribution in [0.2, 0.25) is 0 Å². The van der Waals surface area contributed by atoms with E-state index in [2.05, 4.69) is 15.5 Å². The SMILES string of the molecule is Cc1cc(COc2ccc(C3=NOC(C(CC(=O)NO)NC(=O)c4ccco4)C3)cc2)c2ccccc2n1. The van der Waals surface area contributed by atoms with Crippen LogP contribution in [0.25, 0.3) is 10.9 Å². The Hall–Kier alpha value is -4.70. The molecule has 4 aromatic rings. The van der Waals surface area contributed by atoms with Crippen molar-refractivity contribution in [2.75, 3.05) is 0 Å². The fourth-order valence-electron chi connectivity index (χ4n) is 4.37. The maximum Gasteiger partial charge on any atom is 0.287 e. The molecule has 1 aliphatic heterocycles. The van der Waals surface area contributed by atoms with Crippen LogP contribution in [-0.2, 0) is 16.2 Å². The monoisotopic (exact) mass is 514 g/mol.